The largest absolute Gasteiger partial charge is 0.347 e. The maximum absolute atomic E-state index is 13.3. The normalized spacial score (nSPS) is 15.3. The summed E-state index contributed by atoms with van der Waals surface area (Å²) in [4.78, 5) is 27.5. The average molecular weight is 321 g/mol. The van der Waals surface area contributed by atoms with E-state index in [-0.39, 0.29) is 24.2 Å². The number of rotatable bonds is 7. The van der Waals surface area contributed by atoms with Crippen molar-refractivity contribution in [3.05, 3.63) is 35.6 Å². The van der Waals surface area contributed by atoms with Crippen molar-refractivity contribution in [3.8, 4) is 0 Å². The monoisotopic (exact) mass is 321 g/mol. The maximum Gasteiger partial charge on any atom is 0.244 e. The highest BCUT2D eigenvalue weighted by atomic mass is 19.1. The number of hydrogen-bond donors (Lipinski definition) is 1. The SMILES string of the molecule is CC(NC(=O)CN(Cc1cccc(F)c1)C1CC1)C(=O)N(C)C. The molecule has 0 saturated heterocycles. The van der Waals surface area contributed by atoms with Gasteiger partial charge in [-0.2, -0.15) is 0 Å². The molecule has 1 aromatic carbocycles. The molecule has 2 rings (SSSR count). The zero-order valence-electron chi connectivity index (χ0n) is 13.9. The molecule has 0 spiro atoms. The van der Waals surface area contributed by atoms with E-state index in [2.05, 4.69) is 5.32 Å². The molecule has 1 aromatic rings. The first-order chi connectivity index (χ1) is 10.9. The van der Waals surface area contributed by atoms with Gasteiger partial charge in [-0.1, -0.05) is 12.1 Å². The Balaban J connectivity index is 1.92. The lowest BCUT2D eigenvalue weighted by Gasteiger charge is -2.23. The van der Waals surface area contributed by atoms with Crippen LogP contribution in [0.3, 0.4) is 0 Å². The van der Waals surface area contributed by atoms with Crippen molar-refractivity contribution in [2.24, 2.45) is 0 Å². The van der Waals surface area contributed by atoms with Crippen molar-refractivity contribution in [1.29, 1.82) is 0 Å². The minimum atomic E-state index is -0.548. The number of nitrogens with zero attached hydrogens (tertiary/aromatic N) is 2. The standard InChI is InChI=1S/C17H24FN3O2/c1-12(17(23)20(2)3)19-16(22)11-21(15-7-8-15)10-13-5-4-6-14(18)9-13/h4-6,9,12,15H,7-8,10-11H2,1-3H3,(H,19,22). The zero-order valence-corrected chi connectivity index (χ0v) is 13.9. The van der Waals surface area contributed by atoms with Gasteiger partial charge in [0, 0.05) is 26.7 Å². The van der Waals surface area contributed by atoms with Crippen LogP contribution in [0.15, 0.2) is 24.3 Å². The molecule has 0 radical (unpaired) electrons. The summed E-state index contributed by atoms with van der Waals surface area (Å²) in [5.74, 6) is -0.592. The van der Waals surface area contributed by atoms with E-state index in [1.165, 1.54) is 17.0 Å². The summed E-state index contributed by atoms with van der Waals surface area (Å²) in [5.41, 5.74) is 0.849. The van der Waals surface area contributed by atoms with E-state index in [0.29, 0.717) is 12.6 Å². The fraction of sp³-hybridized carbons (Fsp3) is 0.529. The van der Waals surface area contributed by atoms with E-state index in [4.69, 9.17) is 0 Å². The van der Waals surface area contributed by atoms with Crippen molar-refractivity contribution < 1.29 is 14.0 Å². The minimum Gasteiger partial charge on any atom is -0.347 e. The molecule has 23 heavy (non-hydrogen) atoms. The molecule has 0 aliphatic heterocycles. The summed E-state index contributed by atoms with van der Waals surface area (Å²) in [6, 6.07) is 6.25. The van der Waals surface area contributed by atoms with E-state index in [1.54, 1.807) is 27.1 Å². The quantitative estimate of drug-likeness (QED) is 0.825. The van der Waals surface area contributed by atoms with Gasteiger partial charge in [0.05, 0.1) is 6.54 Å². The molecule has 2 amide bonds. The Morgan fingerprint density at radius 2 is 2.04 bits per heavy atom. The van der Waals surface area contributed by atoms with Crippen molar-refractivity contribution in [1.82, 2.24) is 15.1 Å². The number of likely N-dealkylation sites (N-methyl/N-ethyl adjacent to an activating group) is 1. The Morgan fingerprint density at radius 3 is 2.61 bits per heavy atom. The van der Waals surface area contributed by atoms with Gasteiger partial charge in [0.1, 0.15) is 11.9 Å². The molecule has 1 atom stereocenters. The van der Waals surface area contributed by atoms with Crippen LogP contribution in [-0.2, 0) is 16.1 Å². The van der Waals surface area contributed by atoms with Gasteiger partial charge in [-0.25, -0.2) is 4.39 Å². The van der Waals surface area contributed by atoms with Gasteiger partial charge in [0.2, 0.25) is 11.8 Å². The van der Waals surface area contributed by atoms with Gasteiger partial charge >= 0.3 is 0 Å². The molecule has 1 aliphatic carbocycles. The Bertz CT molecular complexity index is 573. The number of carbonyl (C=O) groups is 2. The van der Waals surface area contributed by atoms with Crippen LogP contribution in [0.5, 0.6) is 0 Å². The predicted molar refractivity (Wildman–Crippen MR) is 86.1 cm³/mol. The number of hydrogen-bond acceptors (Lipinski definition) is 3. The highest BCUT2D eigenvalue weighted by Gasteiger charge is 2.31. The lowest BCUT2D eigenvalue weighted by molar-refractivity contribution is -0.134. The second-order valence-corrected chi connectivity index (χ2v) is 6.29. The van der Waals surface area contributed by atoms with Crippen LogP contribution in [0, 0.1) is 5.82 Å². The third kappa shape index (κ3) is 5.32. The van der Waals surface area contributed by atoms with Gasteiger partial charge in [-0.3, -0.25) is 14.5 Å². The maximum atomic E-state index is 13.3. The summed E-state index contributed by atoms with van der Waals surface area (Å²) < 4.78 is 13.3. The Morgan fingerprint density at radius 1 is 1.35 bits per heavy atom. The summed E-state index contributed by atoms with van der Waals surface area (Å²) in [6.07, 6.45) is 2.10. The van der Waals surface area contributed by atoms with E-state index in [1.807, 2.05) is 11.0 Å². The third-order valence-electron chi connectivity index (χ3n) is 3.87. The Kier molecular flexibility index (Phi) is 5.71. The van der Waals surface area contributed by atoms with Gasteiger partial charge in [-0.05, 0) is 37.5 Å². The second-order valence-electron chi connectivity index (χ2n) is 6.29. The summed E-state index contributed by atoms with van der Waals surface area (Å²) in [7, 11) is 3.32. The third-order valence-corrected chi connectivity index (χ3v) is 3.87. The molecule has 6 heteroatoms. The van der Waals surface area contributed by atoms with Gasteiger partial charge in [0.25, 0.3) is 0 Å². The van der Waals surface area contributed by atoms with Crippen LogP contribution >= 0.6 is 0 Å². The number of carbonyl (C=O) groups excluding carboxylic acids is 2. The molecular weight excluding hydrogens is 297 g/mol. The van der Waals surface area contributed by atoms with E-state index in [0.717, 1.165) is 18.4 Å². The zero-order chi connectivity index (χ0) is 17.0. The van der Waals surface area contributed by atoms with Crippen LogP contribution in [0.2, 0.25) is 0 Å². The Hall–Kier alpha value is -1.95. The van der Waals surface area contributed by atoms with Gasteiger partial charge in [-0.15, -0.1) is 0 Å². The minimum absolute atomic E-state index is 0.138. The number of halogens is 1. The first kappa shape index (κ1) is 17.4. The van der Waals surface area contributed by atoms with Crippen molar-refractivity contribution in [3.63, 3.8) is 0 Å². The fourth-order valence-electron chi connectivity index (χ4n) is 2.54. The molecule has 1 saturated carbocycles. The summed E-state index contributed by atoms with van der Waals surface area (Å²) in [6.45, 7) is 2.42. The van der Waals surface area contributed by atoms with Crippen molar-refractivity contribution >= 4 is 11.8 Å². The van der Waals surface area contributed by atoms with E-state index < -0.39 is 6.04 Å². The smallest absolute Gasteiger partial charge is 0.244 e. The first-order valence-corrected chi connectivity index (χ1v) is 7.86. The molecular formula is C17H24FN3O2. The summed E-state index contributed by atoms with van der Waals surface area (Å²) in [5, 5.41) is 2.73. The van der Waals surface area contributed by atoms with Gasteiger partial charge in [0.15, 0.2) is 0 Å². The molecule has 1 fully saturated rings. The molecule has 1 N–H and O–H groups in total. The molecule has 5 nitrogen and oxygen atoms in total. The first-order valence-electron chi connectivity index (χ1n) is 7.86. The van der Waals surface area contributed by atoms with Crippen molar-refractivity contribution in [2.45, 2.75) is 38.4 Å². The highest BCUT2D eigenvalue weighted by molar-refractivity contribution is 5.87. The van der Waals surface area contributed by atoms with E-state index in [9.17, 15) is 14.0 Å². The van der Waals surface area contributed by atoms with Crippen LogP contribution in [0.1, 0.15) is 25.3 Å². The lowest BCUT2D eigenvalue weighted by Crippen LogP contribution is -2.47. The van der Waals surface area contributed by atoms with Crippen molar-refractivity contribution in [2.75, 3.05) is 20.6 Å². The molecule has 1 unspecified atom stereocenters. The highest BCUT2D eigenvalue weighted by Crippen LogP contribution is 2.28. The van der Waals surface area contributed by atoms with E-state index >= 15 is 0 Å². The molecule has 0 heterocycles. The average Bonchev–Trinajstić information content (AvgIpc) is 3.30. The van der Waals surface area contributed by atoms with Crippen LogP contribution in [-0.4, -0.2) is 54.3 Å². The topological polar surface area (TPSA) is 52.7 Å². The van der Waals surface area contributed by atoms with Crippen LogP contribution < -0.4 is 5.32 Å². The van der Waals surface area contributed by atoms with Crippen LogP contribution in [0.25, 0.3) is 0 Å². The van der Waals surface area contributed by atoms with Gasteiger partial charge < -0.3 is 10.2 Å². The molecule has 0 aromatic heterocycles. The number of benzene rings is 1. The molecule has 126 valence electrons. The fourth-order valence-corrected chi connectivity index (χ4v) is 2.54. The number of nitrogens with one attached hydrogen (secondary N) is 1. The molecule has 1 aliphatic rings. The Labute approximate surface area is 136 Å². The summed E-state index contributed by atoms with van der Waals surface area (Å²) >= 11 is 0. The second kappa shape index (κ2) is 7.55. The lowest BCUT2D eigenvalue weighted by atomic mass is 10.2. The molecule has 0 bridgehead atoms. The number of amides is 2. The van der Waals surface area contributed by atoms with Crippen LogP contribution in [0.4, 0.5) is 4.39 Å². The predicted octanol–water partition coefficient (Wildman–Crippen LogP) is 1.38.